The molecule has 2 N–H and O–H groups in total. The summed E-state index contributed by atoms with van der Waals surface area (Å²) >= 11 is 0. The highest BCUT2D eigenvalue weighted by Gasteiger charge is 2.13. The Labute approximate surface area is 133 Å². The molecule has 0 aliphatic rings. The van der Waals surface area contributed by atoms with Crippen LogP contribution >= 0.6 is 0 Å². The number of anilines is 1. The first-order valence-electron chi connectivity index (χ1n) is 6.93. The molecule has 2 aromatic rings. The molecule has 2 aromatic carbocycles. The van der Waals surface area contributed by atoms with Crippen LogP contribution in [0.4, 0.5) is 10.1 Å². The number of rotatable bonds is 3. The zero-order valence-electron chi connectivity index (χ0n) is 12.8. The molecule has 2 amide bonds. The lowest BCUT2D eigenvalue weighted by Crippen LogP contribution is -2.32. The Morgan fingerprint density at radius 2 is 1.78 bits per heavy atom. The number of halogens is 1. The van der Waals surface area contributed by atoms with E-state index >= 15 is 0 Å². The lowest BCUT2D eigenvalue weighted by Gasteiger charge is -2.06. The van der Waals surface area contributed by atoms with E-state index in [1.54, 1.807) is 24.3 Å². The van der Waals surface area contributed by atoms with E-state index in [1.807, 2.05) is 19.9 Å². The summed E-state index contributed by atoms with van der Waals surface area (Å²) in [5, 5.41) is 6.04. The summed E-state index contributed by atoms with van der Waals surface area (Å²) in [7, 11) is 0. The number of hydrogen-bond donors (Lipinski definition) is 2. The molecule has 0 fully saturated rings. The highest BCUT2D eigenvalue weighted by molar-refractivity contribution is 6.39. The first-order valence-corrected chi connectivity index (χ1v) is 6.93. The summed E-state index contributed by atoms with van der Waals surface area (Å²) in [5.41, 5.74) is 4.87. The summed E-state index contributed by atoms with van der Waals surface area (Å²) < 4.78 is 13.3. The molecule has 0 atom stereocenters. The second-order valence-electron chi connectivity index (χ2n) is 4.97. The molecule has 0 aliphatic carbocycles. The zero-order chi connectivity index (χ0) is 16.8. The van der Waals surface area contributed by atoms with E-state index in [0.717, 1.165) is 17.3 Å². The number of aryl methyl sites for hydroxylation is 2. The van der Waals surface area contributed by atoms with Gasteiger partial charge in [-0.2, -0.15) is 5.10 Å². The van der Waals surface area contributed by atoms with Gasteiger partial charge in [0.1, 0.15) is 5.82 Å². The number of nitrogens with zero attached hydrogens (tertiary/aromatic N) is 1. The minimum absolute atomic E-state index is 0.211. The lowest BCUT2D eigenvalue weighted by atomic mass is 10.1. The average Bonchev–Trinajstić information content (AvgIpc) is 2.52. The molecular formula is C17H16FN3O2. The number of amides is 2. The highest BCUT2D eigenvalue weighted by Crippen LogP contribution is 2.13. The fraction of sp³-hybridized carbons (Fsp3) is 0.118. The average molecular weight is 313 g/mol. The van der Waals surface area contributed by atoms with Crippen LogP contribution in [-0.4, -0.2) is 18.0 Å². The predicted octanol–water partition coefficient (Wildman–Crippen LogP) is 2.53. The van der Waals surface area contributed by atoms with E-state index in [1.165, 1.54) is 12.1 Å². The third kappa shape index (κ3) is 4.47. The highest BCUT2D eigenvalue weighted by atomic mass is 19.1. The molecule has 0 unspecified atom stereocenters. The summed E-state index contributed by atoms with van der Waals surface area (Å²) in [6.45, 7) is 3.86. The van der Waals surface area contributed by atoms with Crippen molar-refractivity contribution in [1.29, 1.82) is 0 Å². The first-order chi connectivity index (χ1) is 11.0. The molecule has 0 spiro atoms. The van der Waals surface area contributed by atoms with Gasteiger partial charge in [0.2, 0.25) is 0 Å². The minimum atomic E-state index is -0.934. The van der Waals surface area contributed by atoms with Crippen LogP contribution in [0.1, 0.15) is 16.7 Å². The van der Waals surface area contributed by atoms with Gasteiger partial charge in [0.05, 0.1) is 6.21 Å². The van der Waals surface area contributed by atoms with Gasteiger partial charge in [-0.25, -0.2) is 9.82 Å². The van der Waals surface area contributed by atoms with Gasteiger partial charge in [0, 0.05) is 11.3 Å². The van der Waals surface area contributed by atoms with Crippen LogP contribution < -0.4 is 10.7 Å². The Hall–Kier alpha value is -3.02. The molecule has 0 radical (unpaired) electrons. The normalized spacial score (nSPS) is 10.6. The molecule has 0 saturated carbocycles. The summed E-state index contributed by atoms with van der Waals surface area (Å²) in [6, 6.07) is 11.3. The van der Waals surface area contributed by atoms with Crippen LogP contribution in [0.2, 0.25) is 0 Å². The van der Waals surface area contributed by atoms with Crippen LogP contribution in [0, 0.1) is 19.7 Å². The third-order valence-corrected chi connectivity index (χ3v) is 3.25. The van der Waals surface area contributed by atoms with Gasteiger partial charge in [0.15, 0.2) is 0 Å². The maximum Gasteiger partial charge on any atom is 0.329 e. The van der Waals surface area contributed by atoms with E-state index in [-0.39, 0.29) is 5.56 Å². The van der Waals surface area contributed by atoms with Crippen molar-refractivity contribution < 1.29 is 14.0 Å². The number of benzene rings is 2. The van der Waals surface area contributed by atoms with Crippen LogP contribution in [-0.2, 0) is 9.59 Å². The zero-order valence-corrected chi connectivity index (χ0v) is 12.8. The van der Waals surface area contributed by atoms with E-state index in [0.29, 0.717) is 5.69 Å². The van der Waals surface area contributed by atoms with Gasteiger partial charge in [0.25, 0.3) is 0 Å². The SMILES string of the molecule is Cc1ccc(NC(=O)C(=O)N/N=C/c2ccccc2F)cc1C. The summed E-state index contributed by atoms with van der Waals surface area (Å²) in [4.78, 5) is 23.4. The number of carbonyl (C=O) groups is 2. The van der Waals surface area contributed by atoms with Crippen molar-refractivity contribution in [2.75, 3.05) is 5.32 Å². The fourth-order valence-corrected chi connectivity index (χ4v) is 1.80. The molecule has 2 rings (SSSR count). The van der Waals surface area contributed by atoms with Crippen molar-refractivity contribution in [2.24, 2.45) is 5.10 Å². The van der Waals surface area contributed by atoms with Crippen molar-refractivity contribution in [2.45, 2.75) is 13.8 Å². The monoisotopic (exact) mass is 313 g/mol. The second kappa shape index (κ2) is 7.31. The third-order valence-electron chi connectivity index (χ3n) is 3.25. The summed E-state index contributed by atoms with van der Waals surface area (Å²) in [6.07, 6.45) is 1.14. The molecule has 0 aromatic heterocycles. The Morgan fingerprint density at radius 1 is 1.04 bits per heavy atom. The van der Waals surface area contributed by atoms with Gasteiger partial charge in [-0.05, 0) is 43.2 Å². The van der Waals surface area contributed by atoms with Crippen molar-refractivity contribution in [3.05, 3.63) is 65.0 Å². The Morgan fingerprint density at radius 3 is 2.48 bits per heavy atom. The number of nitrogens with one attached hydrogen (secondary N) is 2. The van der Waals surface area contributed by atoms with E-state index in [2.05, 4.69) is 15.8 Å². The van der Waals surface area contributed by atoms with Gasteiger partial charge < -0.3 is 5.32 Å². The van der Waals surface area contributed by atoms with E-state index in [9.17, 15) is 14.0 Å². The molecule has 0 aliphatic heterocycles. The maximum atomic E-state index is 13.3. The van der Waals surface area contributed by atoms with Gasteiger partial charge in [-0.1, -0.05) is 24.3 Å². The summed E-state index contributed by atoms with van der Waals surface area (Å²) in [5.74, 6) is -2.25. The Balaban J connectivity index is 1.94. The van der Waals surface area contributed by atoms with Gasteiger partial charge in [-0.3, -0.25) is 9.59 Å². The smallest absolute Gasteiger partial charge is 0.318 e. The van der Waals surface area contributed by atoms with Crippen LogP contribution in [0.15, 0.2) is 47.6 Å². The fourth-order valence-electron chi connectivity index (χ4n) is 1.80. The quantitative estimate of drug-likeness (QED) is 0.519. The van der Waals surface area contributed by atoms with E-state index < -0.39 is 17.6 Å². The molecule has 5 nitrogen and oxygen atoms in total. The molecule has 0 saturated heterocycles. The van der Waals surface area contributed by atoms with Crippen molar-refractivity contribution in [1.82, 2.24) is 5.43 Å². The maximum absolute atomic E-state index is 13.3. The minimum Gasteiger partial charge on any atom is -0.318 e. The molecule has 23 heavy (non-hydrogen) atoms. The van der Waals surface area contributed by atoms with Crippen molar-refractivity contribution >= 4 is 23.7 Å². The number of hydrogen-bond acceptors (Lipinski definition) is 3. The molecular weight excluding hydrogens is 297 g/mol. The van der Waals surface area contributed by atoms with Gasteiger partial charge >= 0.3 is 11.8 Å². The Kier molecular flexibility index (Phi) is 5.19. The topological polar surface area (TPSA) is 70.6 Å². The number of hydrazone groups is 1. The predicted molar refractivity (Wildman–Crippen MR) is 86.7 cm³/mol. The van der Waals surface area contributed by atoms with Gasteiger partial charge in [-0.15, -0.1) is 0 Å². The Bertz CT molecular complexity index is 772. The molecule has 0 bridgehead atoms. The van der Waals surface area contributed by atoms with Crippen molar-refractivity contribution in [3.63, 3.8) is 0 Å². The molecule has 6 heteroatoms. The van der Waals surface area contributed by atoms with Crippen LogP contribution in [0.5, 0.6) is 0 Å². The largest absolute Gasteiger partial charge is 0.329 e. The lowest BCUT2D eigenvalue weighted by molar-refractivity contribution is -0.136. The van der Waals surface area contributed by atoms with E-state index in [4.69, 9.17) is 0 Å². The van der Waals surface area contributed by atoms with Crippen molar-refractivity contribution in [3.8, 4) is 0 Å². The molecule has 118 valence electrons. The molecule has 0 heterocycles. The number of carbonyl (C=O) groups excluding carboxylic acids is 2. The second-order valence-corrected chi connectivity index (χ2v) is 4.97. The van der Waals surface area contributed by atoms with Crippen LogP contribution in [0.25, 0.3) is 0 Å². The first kappa shape index (κ1) is 16.4. The van der Waals surface area contributed by atoms with Crippen LogP contribution in [0.3, 0.4) is 0 Å². The standard InChI is InChI=1S/C17H16FN3O2/c1-11-7-8-14(9-12(11)2)20-16(22)17(23)21-19-10-13-5-3-4-6-15(13)18/h3-10H,1-2H3,(H,20,22)(H,21,23)/b19-10+.